The summed E-state index contributed by atoms with van der Waals surface area (Å²) in [5.74, 6) is 0.224. The summed E-state index contributed by atoms with van der Waals surface area (Å²) in [4.78, 5) is 4.35. The summed E-state index contributed by atoms with van der Waals surface area (Å²) < 4.78 is 0. The highest BCUT2D eigenvalue weighted by atomic mass is 15.2. The van der Waals surface area contributed by atoms with Crippen molar-refractivity contribution < 1.29 is 0 Å². The molecule has 1 aromatic heterocycles. The number of nitrogen functional groups attached to an aromatic ring is 1. The molecule has 5 heteroatoms. The summed E-state index contributed by atoms with van der Waals surface area (Å²) >= 11 is 0. The van der Waals surface area contributed by atoms with Gasteiger partial charge in [-0.3, -0.25) is 0 Å². The Bertz CT molecular complexity index is 909. The molecular weight excluding hydrogens is 274 g/mol. The van der Waals surface area contributed by atoms with Gasteiger partial charge in [-0.15, -0.1) is 10.2 Å². The maximum atomic E-state index is 5.70. The average molecular weight is 289 g/mol. The fourth-order valence-electron chi connectivity index (χ4n) is 4.01. The highest BCUT2D eigenvalue weighted by molar-refractivity contribution is 5.84. The lowest BCUT2D eigenvalue weighted by atomic mass is 9.61. The van der Waals surface area contributed by atoms with Crippen molar-refractivity contribution in [3.8, 4) is 0 Å². The van der Waals surface area contributed by atoms with E-state index in [2.05, 4.69) is 56.9 Å². The van der Waals surface area contributed by atoms with E-state index in [4.69, 9.17) is 5.73 Å². The second kappa shape index (κ2) is 3.94. The minimum absolute atomic E-state index is 0.0628. The predicted octanol–water partition coefficient (Wildman–Crippen LogP) is 2.08. The lowest BCUT2D eigenvalue weighted by Gasteiger charge is -2.46. The molecule has 0 amide bonds. The van der Waals surface area contributed by atoms with Crippen LogP contribution in [0.4, 0.5) is 5.95 Å². The van der Waals surface area contributed by atoms with Crippen molar-refractivity contribution in [3.63, 3.8) is 0 Å². The first kappa shape index (κ1) is 11.9. The number of fused-ring (bicyclic) bond motifs is 2. The molecule has 1 aromatic carbocycles. The van der Waals surface area contributed by atoms with E-state index in [1.807, 2.05) is 0 Å². The summed E-state index contributed by atoms with van der Waals surface area (Å²) in [6.07, 6.45) is 11.0. The number of nitrogens with two attached hydrogens (primary N) is 1. The van der Waals surface area contributed by atoms with Crippen LogP contribution in [0.25, 0.3) is 17.1 Å². The summed E-state index contributed by atoms with van der Waals surface area (Å²) in [6, 6.07) is 4.23. The van der Waals surface area contributed by atoms with Crippen LogP contribution in [0.2, 0.25) is 0 Å². The van der Waals surface area contributed by atoms with E-state index >= 15 is 0 Å². The second-order valence-electron chi connectivity index (χ2n) is 6.13. The number of hydrogen-bond donors (Lipinski definition) is 2. The number of rotatable bonds is 0. The van der Waals surface area contributed by atoms with Crippen molar-refractivity contribution in [2.75, 3.05) is 12.3 Å². The maximum Gasteiger partial charge on any atom is 0.240 e. The Morgan fingerprint density at radius 2 is 2.14 bits per heavy atom. The van der Waals surface area contributed by atoms with Gasteiger partial charge in [0.1, 0.15) is 5.52 Å². The molecule has 3 aliphatic rings. The number of benzene rings is 1. The van der Waals surface area contributed by atoms with Crippen LogP contribution in [-0.2, 0) is 5.41 Å². The Labute approximate surface area is 127 Å². The summed E-state index contributed by atoms with van der Waals surface area (Å²) in [6.45, 7) is 0.999. The van der Waals surface area contributed by atoms with Crippen molar-refractivity contribution in [2.24, 2.45) is 0 Å². The third-order valence-corrected chi connectivity index (χ3v) is 5.00. The maximum absolute atomic E-state index is 5.70. The fourth-order valence-corrected chi connectivity index (χ4v) is 4.01. The SMILES string of the molecule is Nc1nnc2cc3c(cc2n1)C12CC=CC=C1C(=C3)NCC2. The van der Waals surface area contributed by atoms with Crippen molar-refractivity contribution in [2.45, 2.75) is 18.3 Å². The molecule has 3 N–H and O–H groups in total. The lowest BCUT2D eigenvalue weighted by Crippen LogP contribution is -2.43. The smallest absolute Gasteiger partial charge is 0.240 e. The van der Waals surface area contributed by atoms with Gasteiger partial charge in [0.2, 0.25) is 5.95 Å². The van der Waals surface area contributed by atoms with E-state index in [0.29, 0.717) is 0 Å². The third-order valence-electron chi connectivity index (χ3n) is 5.00. The minimum atomic E-state index is 0.0628. The summed E-state index contributed by atoms with van der Waals surface area (Å²) in [5, 5.41) is 11.6. The van der Waals surface area contributed by atoms with E-state index < -0.39 is 0 Å². The van der Waals surface area contributed by atoms with Crippen LogP contribution in [0.15, 0.2) is 41.6 Å². The Kier molecular flexibility index (Phi) is 2.13. The fraction of sp³-hybridized carbons (Fsp3) is 0.235. The molecule has 2 bridgehead atoms. The molecule has 2 aliphatic carbocycles. The highest BCUT2D eigenvalue weighted by Crippen LogP contribution is 2.51. The van der Waals surface area contributed by atoms with Crippen LogP contribution >= 0.6 is 0 Å². The first-order valence-electron chi connectivity index (χ1n) is 7.54. The monoisotopic (exact) mass is 289 g/mol. The molecule has 0 radical (unpaired) electrons. The van der Waals surface area contributed by atoms with E-state index in [1.54, 1.807) is 0 Å². The molecule has 1 aliphatic heterocycles. The van der Waals surface area contributed by atoms with Gasteiger partial charge in [0, 0.05) is 17.7 Å². The molecule has 108 valence electrons. The number of nitrogens with zero attached hydrogens (tertiary/aromatic N) is 3. The number of piperidine rings is 1. The first-order valence-corrected chi connectivity index (χ1v) is 7.54. The predicted molar refractivity (Wildman–Crippen MR) is 85.9 cm³/mol. The van der Waals surface area contributed by atoms with Gasteiger partial charge in [0.15, 0.2) is 0 Å². The van der Waals surface area contributed by atoms with E-state index in [0.717, 1.165) is 30.4 Å². The first-order chi connectivity index (χ1) is 10.8. The van der Waals surface area contributed by atoms with Gasteiger partial charge in [-0.05, 0) is 47.8 Å². The number of nitrogens with one attached hydrogen (secondary N) is 1. The average Bonchev–Trinajstić information content (AvgIpc) is 2.54. The van der Waals surface area contributed by atoms with E-state index in [1.165, 1.54) is 22.4 Å². The van der Waals surface area contributed by atoms with Gasteiger partial charge in [0.25, 0.3) is 0 Å². The van der Waals surface area contributed by atoms with Gasteiger partial charge >= 0.3 is 0 Å². The highest BCUT2D eigenvalue weighted by Gasteiger charge is 2.44. The van der Waals surface area contributed by atoms with Gasteiger partial charge in [-0.1, -0.05) is 18.2 Å². The lowest BCUT2D eigenvalue weighted by molar-refractivity contribution is 0.419. The minimum Gasteiger partial charge on any atom is -0.385 e. The normalized spacial score (nSPS) is 24.9. The Balaban J connectivity index is 1.86. The zero-order chi connectivity index (χ0) is 14.7. The summed E-state index contributed by atoms with van der Waals surface area (Å²) in [5.41, 5.74) is 12.5. The van der Waals surface area contributed by atoms with Crippen LogP contribution in [0.5, 0.6) is 0 Å². The van der Waals surface area contributed by atoms with Crippen LogP contribution in [-0.4, -0.2) is 21.7 Å². The van der Waals surface area contributed by atoms with Crippen LogP contribution < -0.4 is 11.1 Å². The molecule has 2 heterocycles. The zero-order valence-electron chi connectivity index (χ0n) is 12.0. The van der Waals surface area contributed by atoms with Crippen molar-refractivity contribution in [1.82, 2.24) is 20.5 Å². The number of hydrogen-bond acceptors (Lipinski definition) is 5. The van der Waals surface area contributed by atoms with Gasteiger partial charge < -0.3 is 11.1 Å². The van der Waals surface area contributed by atoms with Crippen molar-refractivity contribution in [1.29, 1.82) is 0 Å². The van der Waals surface area contributed by atoms with Crippen molar-refractivity contribution in [3.05, 3.63) is 52.8 Å². The standard InChI is InChI=1S/C17H15N5/c18-16-20-14-9-12-10(8-15(14)21-22-16)7-13-11-3-1-2-4-17(11,12)5-6-19-13/h1-3,7-9,19H,4-6H2,(H2,18,20,22). The molecule has 5 rings (SSSR count). The second-order valence-corrected chi connectivity index (χ2v) is 6.13. The molecule has 0 saturated carbocycles. The Morgan fingerprint density at radius 1 is 1.18 bits per heavy atom. The number of aromatic nitrogens is 3. The summed E-state index contributed by atoms with van der Waals surface area (Å²) in [7, 11) is 0. The quantitative estimate of drug-likeness (QED) is 0.776. The molecule has 1 unspecified atom stereocenters. The molecule has 1 saturated heterocycles. The van der Waals surface area contributed by atoms with Crippen molar-refractivity contribution >= 4 is 23.1 Å². The topological polar surface area (TPSA) is 76.7 Å². The molecule has 1 atom stereocenters. The van der Waals surface area contributed by atoms with Gasteiger partial charge in [0.05, 0.1) is 5.52 Å². The number of allylic oxidation sites excluding steroid dienone is 4. The zero-order valence-corrected chi connectivity index (χ0v) is 12.0. The van der Waals surface area contributed by atoms with Gasteiger partial charge in [-0.2, -0.15) is 0 Å². The molecular formula is C17H15N5. The van der Waals surface area contributed by atoms with E-state index in [9.17, 15) is 0 Å². The Hall–Kier alpha value is -2.69. The molecule has 5 nitrogen and oxygen atoms in total. The van der Waals surface area contributed by atoms with Crippen LogP contribution in [0.1, 0.15) is 24.0 Å². The molecule has 1 fully saturated rings. The molecule has 0 spiro atoms. The molecule has 22 heavy (non-hydrogen) atoms. The van der Waals surface area contributed by atoms with E-state index in [-0.39, 0.29) is 11.4 Å². The van der Waals surface area contributed by atoms with Crippen LogP contribution in [0, 0.1) is 0 Å². The van der Waals surface area contributed by atoms with Crippen LogP contribution in [0.3, 0.4) is 0 Å². The Morgan fingerprint density at radius 3 is 3.09 bits per heavy atom. The largest absolute Gasteiger partial charge is 0.385 e. The molecule has 2 aromatic rings. The third kappa shape index (κ3) is 1.40. The number of anilines is 1. The van der Waals surface area contributed by atoms with Gasteiger partial charge in [-0.25, -0.2) is 4.98 Å².